The first kappa shape index (κ1) is 8.99. The quantitative estimate of drug-likeness (QED) is 0.618. The standard InChI is InChI=1S/C8H12N2O2/c1-9(2)7-3-5-8(6-4-7)10(11)12/h3-6,10-11H,1-2H3. The molecule has 1 rings (SSSR count). The van der Waals surface area contributed by atoms with Crippen molar-refractivity contribution < 1.29 is 10.4 Å². The molecule has 0 fully saturated rings. The highest BCUT2D eigenvalue weighted by atomic mass is 16.8. The van der Waals surface area contributed by atoms with E-state index in [2.05, 4.69) is 0 Å². The van der Waals surface area contributed by atoms with Gasteiger partial charge in [0.15, 0.2) is 5.69 Å². The Hall–Kier alpha value is -1.10. The molecular formula is C8H12N2O2. The number of nitrogens with zero attached hydrogens (tertiary/aromatic N) is 1. The maximum atomic E-state index is 10.5. The third-order valence-electron chi connectivity index (χ3n) is 1.63. The molecule has 0 aliphatic carbocycles. The molecule has 1 unspecified atom stereocenters. The van der Waals surface area contributed by atoms with Gasteiger partial charge in [-0.1, -0.05) is 0 Å². The molecule has 0 radical (unpaired) electrons. The summed E-state index contributed by atoms with van der Waals surface area (Å²) in [5.41, 5.74) is 1.32. The van der Waals surface area contributed by atoms with Crippen LogP contribution in [0.1, 0.15) is 0 Å². The fraction of sp³-hybridized carbons (Fsp3) is 0.250. The summed E-state index contributed by atoms with van der Waals surface area (Å²) in [5, 5.41) is 18.2. The van der Waals surface area contributed by atoms with Gasteiger partial charge >= 0.3 is 0 Å². The van der Waals surface area contributed by atoms with Crippen LogP contribution < -0.4 is 10.1 Å². The first-order valence-corrected chi connectivity index (χ1v) is 3.62. The van der Waals surface area contributed by atoms with Crippen molar-refractivity contribution in [2.24, 2.45) is 0 Å². The number of nitrogens with one attached hydrogen (secondary N) is 1. The molecule has 12 heavy (non-hydrogen) atoms. The summed E-state index contributed by atoms with van der Waals surface area (Å²) >= 11 is 0. The molecule has 4 nitrogen and oxygen atoms in total. The second kappa shape index (κ2) is 3.53. The maximum Gasteiger partial charge on any atom is 0.163 e. The minimum absolute atomic E-state index is 0.320. The maximum absolute atomic E-state index is 10.5. The van der Waals surface area contributed by atoms with E-state index in [1.165, 1.54) is 0 Å². The molecule has 0 bridgehead atoms. The highest BCUT2D eigenvalue weighted by Gasteiger charge is 1.99. The molecule has 0 aliphatic rings. The van der Waals surface area contributed by atoms with Crippen molar-refractivity contribution >= 4 is 11.4 Å². The van der Waals surface area contributed by atoms with E-state index >= 15 is 0 Å². The van der Waals surface area contributed by atoms with Crippen molar-refractivity contribution in [1.82, 2.24) is 0 Å². The van der Waals surface area contributed by atoms with Gasteiger partial charge in [0, 0.05) is 31.9 Å². The Morgan fingerprint density at radius 3 is 2.08 bits per heavy atom. The van der Waals surface area contributed by atoms with Crippen LogP contribution in [0.15, 0.2) is 24.3 Å². The molecular weight excluding hydrogens is 156 g/mol. The van der Waals surface area contributed by atoms with E-state index in [0.29, 0.717) is 5.69 Å². The van der Waals surface area contributed by atoms with Gasteiger partial charge in [0.1, 0.15) is 0 Å². The zero-order chi connectivity index (χ0) is 9.14. The predicted octanol–water partition coefficient (Wildman–Crippen LogP) is 0.156. The Balaban J connectivity index is 2.86. The van der Waals surface area contributed by atoms with Crippen molar-refractivity contribution in [1.29, 1.82) is 0 Å². The second-order valence-electron chi connectivity index (χ2n) is 2.75. The molecule has 0 amide bonds. The van der Waals surface area contributed by atoms with Gasteiger partial charge < -0.3 is 10.1 Å². The minimum Gasteiger partial charge on any atom is -0.595 e. The smallest absolute Gasteiger partial charge is 0.163 e. The predicted molar refractivity (Wildman–Crippen MR) is 46.5 cm³/mol. The first-order valence-electron chi connectivity index (χ1n) is 3.62. The van der Waals surface area contributed by atoms with Gasteiger partial charge in [0.2, 0.25) is 0 Å². The second-order valence-corrected chi connectivity index (χ2v) is 2.75. The number of rotatable bonds is 2. The van der Waals surface area contributed by atoms with Crippen molar-refractivity contribution in [2.45, 2.75) is 0 Å². The summed E-state index contributed by atoms with van der Waals surface area (Å²) < 4.78 is 0. The van der Waals surface area contributed by atoms with Crippen molar-refractivity contribution in [2.75, 3.05) is 19.0 Å². The lowest BCUT2D eigenvalue weighted by atomic mass is 10.3. The molecule has 4 heteroatoms. The molecule has 1 atom stereocenters. The fourth-order valence-electron chi connectivity index (χ4n) is 0.902. The van der Waals surface area contributed by atoms with Crippen LogP contribution in [0.3, 0.4) is 0 Å². The molecule has 0 aliphatic heterocycles. The highest BCUT2D eigenvalue weighted by molar-refractivity contribution is 5.49. The van der Waals surface area contributed by atoms with Gasteiger partial charge in [-0.25, -0.2) is 5.21 Å². The Labute approximate surface area is 71.2 Å². The molecule has 0 saturated heterocycles. The van der Waals surface area contributed by atoms with Crippen molar-refractivity contribution in [3.05, 3.63) is 29.5 Å². The van der Waals surface area contributed by atoms with Crippen molar-refractivity contribution in [3.63, 3.8) is 0 Å². The lowest BCUT2D eigenvalue weighted by molar-refractivity contribution is -0.991. The molecule has 66 valence electrons. The van der Waals surface area contributed by atoms with Gasteiger partial charge in [0.05, 0.1) is 0 Å². The van der Waals surface area contributed by atoms with E-state index in [0.717, 1.165) is 5.69 Å². The van der Waals surface area contributed by atoms with E-state index in [1.54, 1.807) is 24.3 Å². The van der Waals surface area contributed by atoms with Crippen LogP contribution in [0, 0.1) is 5.21 Å². The van der Waals surface area contributed by atoms with E-state index in [9.17, 15) is 5.21 Å². The van der Waals surface area contributed by atoms with Gasteiger partial charge in [0.25, 0.3) is 0 Å². The van der Waals surface area contributed by atoms with Gasteiger partial charge in [-0.3, -0.25) is 0 Å². The molecule has 0 heterocycles. The lowest BCUT2D eigenvalue weighted by Crippen LogP contribution is -2.99. The van der Waals surface area contributed by atoms with Crippen LogP contribution in [0.2, 0.25) is 0 Å². The average Bonchev–Trinajstić information content (AvgIpc) is 2.04. The summed E-state index contributed by atoms with van der Waals surface area (Å²) in [6.07, 6.45) is 0. The fourth-order valence-corrected chi connectivity index (χ4v) is 0.902. The third-order valence-corrected chi connectivity index (χ3v) is 1.63. The van der Waals surface area contributed by atoms with E-state index in [1.807, 2.05) is 19.0 Å². The third kappa shape index (κ3) is 1.94. The average molecular weight is 168 g/mol. The summed E-state index contributed by atoms with van der Waals surface area (Å²) in [7, 11) is 3.82. The number of hydrogen-bond acceptors (Lipinski definition) is 3. The number of anilines is 1. The summed E-state index contributed by atoms with van der Waals surface area (Å²) in [6, 6.07) is 6.75. The Morgan fingerprint density at radius 1 is 1.25 bits per heavy atom. The lowest BCUT2D eigenvalue weighted by Gasteiger charge is -2.14. The first-order chi connectivity index (χ1) is 5.61. The molecule has 1 aromatic rings. The zero-order valence-electron chi connectivity index (χ0n) is 7.11. The molecule has 0 aromatic heterocycles. The summed E-state index contributed by atoms with van der Waals surface area (Å²) in [6.45, 7) is 0. The largest absolute Gasteiger partial charge is 0.595 e. The van der Waals surface area contributed by atoms with Crippen LogP contribution in [0.5, 0.6) is 0 Å². The van der Waals surface area contributed by atoms with Crippen LogP contribution >= 0.6 is 0 Å². The van der Waals surface area contributed by atoms with Crippen LogP contribution in [0.4, 0.5) is 11.4 Å². The molecule has 0 spiro atoms. The van der Waals surface area contributed by atoms with Crippen LogP contribution in [-0.4, -0.2) is 19.3 Å². The van der Waals surface area contributed by atoms with Crippen molar-refractivity contribution in [3.8, 4) is 0 Å². The number of hydrogen-bond donors (Lipinski definition) is 2. The zero-order valence-corrected chi connectivity index (χ0v) is 7.11. The summed E-state index contributed by atoms with van der Waals surface area (Å²) in [5.74, 6) is 0. The molecule has 0 saturated carbocycles. The van der Waals surface area contributed by atoms with E-state index < -0.39 is 5.23 Å². The monoisotopic (exact) mass is 168 g/mol. The Bertz CT molecular complexity index is 217. The van der Waals surface area contributed by atoms with E-state index in [-0.39, 0.29) is 0 Å². The highest BCUT2D eigenvalue weighted by Crippen LogP contribution is 2.12. The summed E-state index contributed by atoms with van der Waals surface area (Å²) in [4.78, 5) is 1.92. The van der Waals surface area contributed by atoms with Gasteiger partial charge in [-0.2, -0.15) is 5.23 Å². The van der Waals surface area contributed by atoms with Crippen LogP contribution in [-0.2, 0) is 0 Å². The van der Waals surface area contributed by atoms with Gasteiger partial charge in [-0.15, -0.1) is 0 Å². The number of benzene rings is 1. The Morgan fingerprint density at radius 2 is 1.75 bits per heavy atom. The van der Waals surface area contributed by atoms with E-state index in [4.69, 9.17) is 5.21 Å². The van der Waals surface area contributed by atoms with Gasteiger partial charge in [-0.05, 0) is 12.1 Å². The molecule has 2 N–H and O–H groups in total. The Kier molecular flexibility index (Phi) is 2.65. The topological polar surface area (TPSA) is 51.0 Å². The SMILES string of the molecule is CN(C)c1ccc([NH+]([O-])O)cc1. The molecule has 1 aromatic carbocycles. The van der Waals surface area contributed by atoms with Crippen LogP contribution in [0.25, 0.3) is 0 Å². The number of quaternary nitrogens is 1. The normalized spacial score (nSPS) is 12.7. The minimum atomic E-state index is -0.889.